The summed E-state index contributed by atoms with van der Waals surface area (Å²) < 4.78 is 10.1. The molecule has 2 aromatic carbocycles. The molecule has 0 N–H and O–H groups in total. The lowest BCUT2D eigenvalue weighted by Gasteiger charge is -2.36. The third-order valence-corrected chi connectivity index (χ3v) is 5.20. The number of methoxy groups -OCH3 is 2. The molecule has 1 atom stereocenters. The van der Waals surface area contributed by atoms with Crippen LogP contribution < -0.4 is 9.64 Å². The van der Waals surface area contributed by atoms with Crippen LogP contribution in [0.4, 0.5) is 5.69 Å². The van der Waals surface area contributed by atoms with Crippen molar-refractivity contribution in [1.82, 2.24) is 4.90 Å². The molecule has 0 spiro atoms. The van der Waals surface area contributed by atoms with E-state index in [9.17, 15) is 14.4 Å². The van der Waals surface area contributed by atoms with Crippen LogP contribution >= 0.6 is 0 Å². The first-order valence-corrected chi connectivity index (χ1v) is 8.97. The molecule has 7 heteroatoms. The Morgan fingerprint density at radius 3 is 2.57 bits per heavy atom. The SMILES string of the molecule is COC(=O)c1cc2c(cc1OC)N1C(=O)CN(Cc3ccccc3)C(=O)[C@@H]1C2. The number of ether oxygens (including phenoxy) is 2. The van der Waals surface area contributed by atoms with Crippen molar-refractivity contribution in [2.75, 3.05) is 25.7 Å². The average molecular weight is 380 g/mol. The first kappa shape index (κ1) is 18.0. The van der Waals surface area contributed by atoms with Crippen LogP contribution in [0.2, 0.25) is 0 Å². The van der Waals surface area contributed by atoms with Crippen LogP contribution in [0.15, 0.2) is 42.5 Å². The molecule has 2 amide bonds. The van der Waals surface area contributed by atoms with E-state index in [2.05, 4.69) is 0 Å². The molecule has 2 aromatic rings. The summed E-state index contributed by atoms with van der Waals surface area (Å²) in [6.07, 6.45) is 0.360. The highest BCUT2D eigenvalue weighted by Gasteiger charge is 2.45. The molecule has 0 bridgehead atoms. The number of hydrogen-bond donors (Lipinski definition) is 0. The van der Waals surface area contributed by atoms with Gasteiger partial charge in [-0.15, -0.1) is 0 Å². The zero-order valence-electron chi connectivity index (χ0n) is 15.7. The van der Waals surface area contributed by atoms with E-state index in [-0.39, 0.29) is 23.9 Å². The number of anilines is 1. The van der Waals surface area contributed by atoms with Gasteiger partial charge in [0.15, 0.2) is 0 Å². The number of amides is 2. The Kier molecular flexibility index (Phi) is 4.50. The fraction of sp³-hybridized carbons (Fsp3) is 0.286. The first-order chi connectivity index (χ1) is 13.5. The summed E-state index contributed by atoms with van der Waals surface area (Å²) in [5.74, 6) is -0.448. The van der Waals surface area contributed by atoms with Gasteiger partial charge < -0.3 is 14.4 Å². The standard InChI is InChI=1S/C21H20N2O5/c1-27-18-10-16-14(8-15(18)21(26)28-2)9-17-20(25)22(12-19(24)23(16)17)11-13-6-4-3-5-7-13/h3-8,10,17H,9,11-12H2,1-2H3/t17-/m0/s1. The van der Waals surface area contributed by atoms with Crippen molar-refractivity contribution in [2.24, 2.45) is 0 Å². The quantitative estimate of drug-likeness (QED) is 0.756. The number of carbonyl (C=O) groups is 3. The molecule has 1 saturated heterocycles. The second-order valence-electron chi connectivity index (χ2n) is 6.84. The highest BCUT2D eigenvalue weighted by atomic mass is 16.5. The molecule has 2 heterocycles. The lowest BCUT2D eigenvalue weighted by molar-refractivity contribution is -0.141. The van der Waals surface area contributed by atoms with E-state index < -0.39 is 12.0 Å². The Bertz CT molecular complexity index is 957. The molecule has 28 heavy (non-hydrogen) atoms. The predicted octanol–water partition coefficient (Wildman–Crippen LogP) is 1.78. The molecule has 0 aliphatic carbocycles. The van der Waals surface area contributed by atoms with E-state index in [0.29, 0.717) is 24.4 Å². The van der Waals surface area contributed by atoms with Gasteiger partial charge in [0.1, 0.15) is 23.9 Å². The highest BCUT2D eigenvalue weighted by molar-refractivity contribution is 6.09. The molecular formula is C21H20N2O5. The van der Waals surface area contributed by atoms with Crippen LogP contribution in [-0.4, -0.2) is 49.5 Å². The van der Waals surface area contributed by atoms with Gasteiger partial charge in [0.25, 0.3) is 0 Å². The Labute approximate surface area is 162 Å². The van der Waals surface area contributed by atoms with Crippen molar-refractivity contribution in [1.29, 1.82) is 0 Å². The van der Waals surface area contributed by atoms with Gasteiger partial charge in [0, 0.05) is 19.0 Å². The van der Waals surface area contributed by atoms with Crippen molar-refractivity contribution in [2.45, 2.75) is 19.0 Å². The van der Waals surface area contributed by atoms with Gasteiger partial charge in [0.2, 0.25) is 11.8 Å². The second kappa shape index (κ2) is 6.99. The van der Waals surface area contributed by atoms with E-state index in [1.807, 2.05) is 30.3 Å². The van der Waals surface area contributed by atoms with Crippen LogP contribution in [0, 0.1) is 0 Å². The molecular weight excluding hydrogens is 360 g/mol. The monoisotopic (exact) mass is 380 g/mol. The minimum atomic E-state index is -0.599. The molecule has 7 nitrogen and oxygen atoms in total. The Balaban J connectivity index is 1.65. The van der Waals surface area contributed by atoms with Gasteiger partial charge in [-0.1, -0.05) is 30.3 Å². The fourth-order valence-electron chi connectivity index (χ4n) is 3.88. The van der Waals surface area contributed by atoms with Crippen LogP contribution in [0.3, 0.4) is 0 Å². The number of fused-ring (bicyclic) bond motifs is 3. The van der Waals surface area contributed by atoms with Gasteiger partial charge in [-0.3, -0.25) is 14.5 Å². The minimum absolute atomic E-state index is 0.0186. The van der Waals surface area contributed by atoms with E-state index in [1.165, 1.54) is 19.1 Å². The molecule has 0 saturated carbocycles. The van der Waals surface area contributed by atoms with Crippen LogP contribution in [0.25, 0.3) is 0 Å². The molecule has 4 rings (SSSR count). The Hall–Kier alpha value is -3.35. The van der Waals surface area contributed by atoms with E-state index >= 15 is 0 Å². The Morgan fingerprint density at radius 1 is 1.14 bits per heavy atom. The molecule has 1 fully saturated rings. The number of rotatable bonds is 4. The normalized spacial score (nSPS) is 18.0. The van der Waals surface area contributed by atoms with E-state index in [4.69, 9.17) is 9.47 Å². The second-order valence-corrected chi connectivity index (χ2v) is 6.84. The number of hydrogen-bond acceptors (Lipinski definition) is 5. The van der Waals surface area contributed by atoms with Crippen LogP contribution in [-0.2, 0) is 27.3 Å². The van der Waals surface area contributed by atoms with Crippen molar-refractivity contribution in [3.05, 3.63) is 59.2 Å². The summed E-state index contributed by atoms with van der Waals surface area (Å²) in [5.41, 5.74) is 2.63. The molecule has 0 unspecified atom stereocenters. The largest absolute Gasteiger partial charge is 0.496 e. The lowest BCUT2D eigenvalue weighted by Crippen LogP contribution is -2.58. The zero-order chi connectivity index (χ0) is 19.8. The lowest BCUT2D eigenvalue weighted by atomic mass is 10.0. The van der Waals surface area contributed by atoms with Crippen molar-refractivity contribution >= 4 is 23.5 Å². The topological polar surface area (TPSA) is 76.2 Å². The maximum atomic E-state index is 13.1. The predicted molar refractivity (Wildman–Crippen MR) is 101 cm³/mol. The summed E-state index contributed by atoms with van der Waals surface area (Å²) in [5, 5.41) is 0. The van der Waals surface area contributed by atoms with E-state index in [1.54, 1.807) is 17.0 Å². The van der Waals surface area contributed by atoms with Gasteiger partial charge >= 0.3 is 5.97 Å². The third kappa shape index (κ3) is 2.89. The van der Waals surface area contributed by atoms with E-state index in [0.717, 1.165) is 11.1 Å². The first-order valence-electron chi connectivity index (χ1n) is 8.97. The van der Waals surface area contributed by atoms with Gasteiger partial charge in [-0.05, 0) is 17.2 Å². The van der Waals surface area contributed by atoms with Gasteiger partial charge in [-0.25, -0.2) is 4.79 Å². The number of carbonyl (C=O) groups excluding carboxylic acids is 3. The average Bonchev–Trinajstić information content (AvgIpc) is 3.10. The molecule has 0 radical (unpaired) electrons. The maximum Gasteiger partial charge on any atom is 0.341 e. The maximum absolute atomic E-state index is 13.1. The Morgan fingerprint density at radius 2 is 1.89 bits per heavy atom. The molecule has 2 aliphatic heterocycles. The molecule has 0 aromatic heterocycles. The van der Waals surface area contributed by atoms with Gasteiger partial charge in [0.05, 0.1) is 19.9 Å². The number of esters is 1. The molecule has 2 aliphatic rings. The smallest absolute Gasteiger partial charge is 0.341 e. The van der Waals surface area contributed by atoms with Crippen molar-refractivity contribution < 1.29 is 23.9 Å². The number of piperazine rings is 1. The van der Waals surface area contributed by atoms with Crippen molar-refractivity contribution in [3.63, 3.8) is 0 Å². The van der Waals surface area contributed by atoms with Crippen LogP contribution in [0.1, 0.15) is 21.5 Å². The van der Waals surface area contributed by atoms with Crippen molar-refractivity contribution in [3.8, 4) is 5.75 Å². The fourth-order valence-corrected chi connectivity index (χ4v) is 3.88. The summed E-state index contributed by atoms with van der Waals surface area (Å²) in [7, 11) is 2.75. The minimum Gasteiger partial charge on any atom is -0.496 e. The summed E-state index contributed by atoms with van der Waals surface area (Å²) in [6.45, 7) is 0.410. The summed E-state index contributed by atoms with van der Waals surface area (Å²) in [6, 6.07) is 12.3. The molecule has 144 valence electrons. The van der Waals surface area contributed by atoms with Crippen LogP contribution in [0.5, 0.6) is 5.75 Å². The highest BCUT2D eigenvalue weighted by Crippen LogP contribution is 2.39. The number of nitrogens with zero attached hydrogens (tertiary/aromatic N) is 2. The van der Waals surface area contributed by atoms with Gasteiger partial charge in [-0.2, -0.15) is 0 Å². The summed E-state index contributed by atoms with van der Waals surface area (Å²) in [4.78, 5) is 41.1. The third-order valence-electron chi connectivity index (χ3n) is 5.20. The number of benzene rings is 2. The summed E-state index contributed by atoms with van der Waals surface area (Å²) >= 11 is 0. The zero-order valence-corrected chi connectivity index (χ0v) is 15.7.